The first kappa shape index (κ1) is 35.2. The Bertz CT molecular complexity index is 1930. The molecule has 0 spiro atoms. The van der Waals surface area contributed by atoms with E-state index in [1.54, 1.807) is 72.8 Å². The molecule has 1 aromatic heterocycles. The van der Waals surface area contributed by atoms with Gasteiger partial charge in [0.05, 0.1) is 39.0 Å². The van der Waals surface area contributed by atoms with Crippen LogP contribution in [0.15, 0.2) is 89.8 Å². The van der Waals surface area contributed by atoms with E-state index in [2.05, 4.69) is 15.5 Å². The highest BCUT2D eigenvalue weighted by Crippen LogP contribution is 2.45. The van der Waals surface area contributed by atoms with Crippen LogP contribution in [0.3, 0.4) is 0 Å². The van der Waals surface area contributed by atoms with Crippen molar-refractivity contribution in [3.8, 4) is 34.4 Å². The van der Waals surface area contributed by atoms with Crippen LogP contribution in [0.5, 0.6) is 23.0 Å². The number of sulfonamides is 1. The van der Waals surface area contributed by atoms with Crippen molar-refractivity contribution in [1.29, 1.82) is 0 Å². The van der Waals surface area contributed by atoms with Crippen LogP contribution in [-0.2, 0) is 35.8 Å². The summed E-state index contributed by atoms with van der Waals surface area (Å²) >= 11 is 0. The van der Waals surface area contributed by atoms with E-state index in [4.69, 9.17) is 18.9 Å². The van der Waals surface area contributed by atoms with E-state index >= 15 is 0 Å². The van der Waals surface area contributed by atoms with Gasteiger partial charge in [0, 0.05) is 13.1 Å². The summed E-state index contributed by atoms with van der Waals surface area (Å²) in [7, 11) is -0.426. The molecular formula is C32H30BF3N5O7S. The number of hydrogen-bond acceptors (Lipinski definition) is 10. The minimum absolute atomic E-state index is 0.0637. The zero-order valence-electron chi connectivity index (χ0n) is 26.5. The second-order valence-corrected chi connectivity index (χ2v) is 12.4. The van der Waals surface area contributed by atoms with Gasteiger partial charge in [-0.15, -0.1) is 5.10 Å². The van der Waals surface area contributed by atoms with Crippen molar-refractivity contribution in [1.82, 2.24) is 24.5 Å². The van der Waals surface area contributed by atoms with E-state index in [0.29, 0.717) is 40.0 Å². The highest BCUT2D eigenvalue weighted by atomic mass is 32.2. The van der Waals surface area contributed by atoms with Gasteiger partial charge in [0.2, 0.25) is 10.0 Å². The van der Waals surface area contributed by atoms with Gasteiger partial charge in [0.1, 0.15) is 27.9 Å². The quantitative estimate of drug-likeness (QED) is 0.162. The molecule has 0 aliphatic rings. The van der Waals surface area contributed by atoms with Crippen LogP contribution in [0.25, 0.3) is 11.4 Å². The lowest BCUT2D eigenvalue weighted by Crippen LogP contribution is -2.32. The van der Waals surface area contributed by atoms with Crippen molar-refractivity contribution in [2.24, 2.45) is 0 Å². The minimum Gasteiger partial charge on any atom is -0.537 e. The van der Waals surface area contributed by atoms with Gasteiger partial charge < -0.3 is 23.9 Å². The van der Waals surface area contributed by atoms with Crippen LogP contribution in [0.1, 0.15) is 22.3 Å². The van der Waals surface area contributed by atoms with E-state index in [0.717, 1.165) is 15.1 Å². The van der Waals surface area contributed by atoms with Gasteiger partial charge in [-0.2, -0.15) is 17.5 Å². The third-order valence-electron chi connectivity index (χ3n) is 7.49. The molecule has 1 heterocycles. The maximum absolute atomic E-state index is 14.8. The van der Waals surface area contributed by atoms with E-state index < -0.39 is 38.0 Å². The number of alkyl halides is 3. The van der Waals surface area contributed by atoms with E-state index in [1.807, 2.05) is 0 Å². The van der Waals surface area contributed by atoms with Gasteiger partial charge >= 0.3 is 13.9 Å². The summed E-state index contributed by atoms with van der Waals surface area (Å²) in [5, 5.41) is 21.1. The third kappa shape index (κ3) is 7.96. The first-order chi connectivity index (χ1) is 23.5. The Morgan fingerprint density at radius 2 is 1.27 bits per heavy atom. The maximum atomic E-state index is 14.8. The Balaban J connectivity index is 1.72. The van der Waals surface area contributed by atoms with Crippen molar-refractivity contribution in [2.45, 2.75) is 30.7 Å². The van der Waals surface area contributed by atoms with Crippen LogP contribution in [0.2, 0.25) is 0 Å². The number of methoxy groups -OCH3 is 3. The van der Waals surface area contributed by atoms with Gasteiger partial charge in [0.25, 0.3) is 0 Å². The SMILES string of the molecule is COc1ccc(CN(Cc2ccc(OC)cc2)S(=O)(=O)c2c(C(F)(F)F)ccc(O[B]O)c2-c2nnnn2Cc2ccc(OC)cc2)cc1. The monoisotopic (exact) mass is 696 g/mol. The Morgan fingerprint density at radius 3 is 1.71 bits per heavy atom. The van der Waals surface area contributed by atoms with Crippen LogP contribution in [-0.4, -0.2) is 67.0 Å². The number of hydrogen-bond donors (Lipinski definition) is 1. The summed E-state index contributed by atoms with van der Waals surface area (Å²) < 4.78 is 97.0. The van der Waals surface area contributed by atoms with Gasteiger partial charge in [-0.3, -0.25) is 0 Å². The molecule has 0 unspecified atom stereocenters. The normalized spacial score (nSPS) is 11.8. The molecule has 5 rings (SSSR count). The van der Waals surface area contributed by atoms with E-state index in [1.165, 1.54) is 21.3 Å². The number of ether oxygens (including phenoxy) is 3. The molecule has 4 aromatic carbocycles. The number of aromatic nitrogens is 4. The predicted octanol–water partition coefficient (Wildman–Crippen LogP) is 4.73. The van der Waals surface area contributed by atoms with Gasteiger partial charge in [-0.1, -0.05) is 36.4 Å². The molecule has 1 radical (unpaired) electrons. The van der Waals surface area contributed by atoms with Crippen LogP contribution in [0, 0.1) is 0 Å². The molecule has 0 aliphatic carbocycles. The lowest BCUT2D eigenvalue weighted by molar-refractivity contribution is -0.139. The van der Waals surface area contributed by atoms with Crippen LogP contribution in [0.4, 0.5) is 13.2 Å². The number of nitrogens with zero attached hydrogens (tertiary/aromatic N) is 5. The molecule has 49 heavy (non-hydrogen) atoms. The molecule has 0 saturated heterocycles. The molecule has 1 N–H and O–H groups in total. The van der Waals surface area contributed by atoms with Crippen molar-refractivity contribution < 1.29 is 45.5 Å². The fraction of sp³-hybridized carbons (Fsp3) is 0.219. The highest BCUT2D eigenvalue weighted by molar-refractivity contribution is 7.89. The molecule has 0 bridgehead atoms. The Morgan fingerprint density at radius 1 is 0.776 bits per heavy atom. The molecule has 12 nitrogen and oxygen atoms in total. The lowest BCUT2D eigenvalue weighted by atomic mass is 10.1. The molecule has 0 amide bonds. The Labute approximate surface area is 281 Å². The largest absolute Gasteiger partial charge is 0.569 e. The first-order valence-corrected chi connectivity index (χ1v) is 15.9. The maximum Gasteiger partial charge on any atom is 0.569 e. The molecular weight excluding hydrogens is 666 g/mol. The molecule has 0 saturated carbocycles. The molecule has 0 aliphatic heterocycles. The topological polar surface area (TPSA) is 138 Å². The fourth-order valence-corrected chi connectivity index (χ4v) is 6.85. The summed E-state index contributed by atoms with van der Waals surface area (Å²) in [6.07, 6.45) is -5.15. The van der Waals surface area contributed by atoms with Gasteiger partial charge in [0.15, 0.2) is 5.82 Å². The summed E-state index contributed by atoms with van der Waals surface area (Å²) in [6, 6.07) is 21.1. The minimum atomic E-state index is -5.15. The Hall–Kier alpha value is -5.13. The number of benzene rings is 4. The van der Waals surface area contributed by atoms with Gasteiger partial charge in [-0.05, 0) is 75.6 Å². The number of rotatable bonds is 14. The first-order valence-electron chi connectivity index (χ1n) is 14.5. The second kappa shape index (κ2) is 15.0. The van der Waals surface area contributed by atoms with Gasteiger partial charge in [-0.25, -0.2) is 13.1 Å². The average Bonchev–Trinajstić information content (AvgIpc) is 3.55. The van der Waals surface area contributed by atoms with Crippen LogP contribution >= 0.6 is 0 Å². The Kier molecular flexibility index (Phi) is 10.7. The predicted molar refractivity (Wildman–Crippen MR) is 171 cm³/mol. The van der Waals surface area contributed by atoms with Crippen LogP contribution < -0.4 is 18.9 Å². The van der Waals surface area contributed by atoms with Crippen molar-refractivity contribution in [2.75, 3.05) is 21.3 Å². The summed E-state index contributed by atoms with van der Waals surface area (Å²) in [5.74, 6) is 0.780. The molecule has 255 valence electrons. The zero-order valence-corrected chi connectivity index (χ0v) is 27.3. The highest BCUT2D eigenvalue weighted by Gasteiger charge is 2.43. The second-order valence-electron chi connectivity index (χ2n) is 10.5. The van der Waals surface area contributed by atoms with Crippen molar-refractivity contribution in [3.05, 3.63) is 107 Å². The lowest BCUT2D eigenvalue weighted by Gasteiger charge is -2.27. The van der Waals surface area contributed by atoms with Crippen molar-refractivity contribution >= 4 is 17.7 Å². The molecule has 0 atom stereocenters. The summed E-state index contributed by atoms with van der Waals surface area (Å²) in [5.41, 5.74) is -0.529. The molecule has 17 heteroatoms. The van der Waals surface area contributed by atoms with Crippen molar-refractivity contribution in [3.63, 3.8) is 0 Å². The molecule has 0 fully saturated rings. The molecule has 5 aromatic rings. The number of halogens is 3. The third-order valence-corrected chi connectivity index (χ3v) is 9.36. The fourth-order valence-electron chi connectivity index (χ4n) is 5.04. The van der Waals surface area contributed by atoms with E-state index in [9.17, 15) is 26.6 Å². The zero-order chi connectivity index (χ0) is 35.2. The number of tetrazole rings is 1. The smallest absolute Gasteiger partial charge is 0.537 e. The summed E-state index contributed by atoms with van der Waals surface area (Å²) in [6.45, 7) is -0.724. The van der Waals surface area contributed by atoms with E-state index in [-0.39, 0.29) is 33.1 Å². The standard InChI is InChI=1S/C32H30BF3N5O7S/c1-45-24-10-4-21(5-11-24)18-40(19-22-6-12-25(46-2)13-7-22)49(43,44)30-27(32(34,35)36)16-17-28(48-33-42)29(30)31-37-38-39-41(31)20-23-8-14-26(47-3)15-9-23/h4-17,42H,18-20H2,1-3H3. The average molecular weight is 696 g/mol. The summed E-state index contributed by atoms with van der Waals surface area (Å²) in [4.78, 5) is -1.16.